The summed E-state index contributed by atoms with van der Waals surface area (Å²) in [6.45, 7) is 3.81. The van der Waals surface area contributed by atoms with Crippen molar-refractivity contribution in [3.05, 3.63) is 54.4 Å². The second kappa shape index (κ2) is 7.67. The van der Waals surface area contributed by atoms with E-state index in [9.17, 15) is 4.79 Å². The predicted molar refractivity (Wildman–Crippen MR) is 103 cm³/mol. The molecular formula is C20H22N6O3. The summed E-state index contributed by atoms with van der Waals surface area (Å²) in [5.74, 6) is 1.15. The van der Waals surface area contributed by atoms with Crippen LogP contribution in [0.4, 0.5) is 0 Å². The molecule has 150 valence electrons. The van der Waals surface area contributed by atoms with Gasteiger partial charge in [-0.15, -0.1) is 0 Å². The Labute approximate surface area is 167 Å². The topological polar surface area (TPSA) is 89.5 Å². The Morgan fingerprint density at radius 3 is 2.93 bits per heavy atom. The van der Waals surface area contributed by atoms with Crippen LogP contribution in [0, 0.1) is 0 Å². The molecule has 0 aliphatic carbocycles. The fourth-order valence-corrected chi connectivity index (χ4v) is 4.01. The molecule has 9 heteroatoms. The molecule has 2 fully saturated rings. The molecule has 2 aromatic heterocycles. The van der Waals surface area contributed by atoms with E-state index >= 15 is 0 Å². The Balaban J connectivity index is 1.18. The van der Waals surface area contributed by atoms with E-state index in [0.717, 1.165) is 38.3 Å². The van der Waals surface area contributed by atoms with E-state index in [0.29, 0.717) is 23.2 Å². The second-order valence-electron chi connectivity index (χ2n) is 7.38. The monoisotopic (exact) mass is 394 g/mol. The lowest BCUT2D eigenvalue weighted by Gasteiger charge is -2.37. The van der Waals surface area contributed by atoms with Crippen molar-refractivity contribution in [2.75, 3.05) is 26.2 Å². The van der Waals surface area contributed by atoms with E-state index < -0.39 is 0 Å². The quantitative estimate of drug-likeness (QED) is 0.651. The average molecular weight is 394 g/mol. The van der Waals surface area contributed by atoms with Gasteiger partial charge in [-0.05, 0) is 43.7 Å². The van der Waals surface area contributed by atoms with Crippen molar-refractivity contribution in [2.24, 2.45) is 0 Å². The Hall–Kier alpha value is -3.20. The van der Waals surface area contributed by atoms with E-state index in [1.807, 2.05) is 29.2 Å². The highest BCUT2D eigenvalue weighted by Crippen LogP contribution is 2.23. The minimum atomic E-state index is -0.0660. The maximum Gasteiger partial charge on any atom is 0.276 e. The van der Waals surface area contributed by atoms with E-state index in [2.05, 4.69) is 20.1 Å². The molecule has 29 heavy (non-hydrogen) atoms. The summed E-state index contributed by atoms with van der Waals surface area (Å²) >= 11 is 0. The lowest BCUT2D eigenvalue weighted by atomic mass is 10.1. The third kappa shape index (κ3) is 3.73. The molecule has 0 unspecified atom stereocenters. The molecule has 0 spiro atoms. The Bertz CT molecular complexity index is 969. The highest BCUT2D eigenvalue weighted by atomic mass is 16.5. The summed E-state index contributed by atoms with van der Waals surface area (Å²) in [4.78, 5) is 21.0. The van der Waals surface area contributed by atoms with E-state index in [-0.39, 0.29) is 12.5 Å². The fraction of sp³-hybridized carbons (Fsp3) is 0.400. The van der Waals surface area contributed by atoms with Gasteiger partial charge < -0.3 is 14.2 Å². The maximum atomic E-state index is 12.8. The SMILES string of the molecule is O=C(c1cc(COc2ccc(-n3cncn3)cc2)on1)N1CCN2CCC[C@H]2C1. The van der Waals surface area contributed by atoms with E-state index in [1.165, 1.54) is 12.7 Å². The van der Waals surface area contributed by atoms with Crippen molar-refractivity contribution < 1.29 is 14.1 Å². The molecular weight excluding hydrogens is 372 g/mol. The number of fused-ring (bicyclic) bond motifs is 1. The molecule has 9 nitrogen and oxygen atoms in total. The first-order valence-corrected chi connectivity index (χ1v) is 9.83. The predicted octanol–water partition coefficient (Wildman–Crippen LogP) is 1.75. The lowest BCUT2D eigenvalue weighted by molar-refractivity contribution is 0.0561. The third-order valence-electron chi connectivity index (χ3n) is 5.55. The van der Waals surface area contributed by atoms with Crippen molar-refractivity contribution >= 4 is 5.91 Å². The Morgan fingerprint density at radius 1 is 1.21 bits per heavy atom. The van der Waals surface area contributed by atoms with Gasteiger partial charge in [0.2, 0.25) is 0 Å². The highest BCUT2D eigenvalue weighted by molar-refractivity contribution is 5.92. The molecule has 1 amide bonds. The number of aromatic nitrogens is 4. The fourth-order valence-electron chi connectivity index (χ4n) is 4.01. The van der Waals surface area contributed by atoms with Gasteiger partial charge in [0, 0.05) is 31.7 Å². The molecule has 1 aromatic carbocycles. The van der Waals surface area contributed by atoms with Crippen LogP contribution in [0.5, 0.6) is 5.75 Å². The van der Waals surface area contributed by atoms with E-state index in [4.69, 9.17) is 9.26 Å². The number of benzene rings is 1. The van der Waals surface area contributed by atoms with Crippen LogP contribution in [0.3, 0.4) is 0 Å². The number of carbonyl (C=O) groups is 1. The van der Waals surface area contributed by atoms with E-state index in [1.54, 1.807) is 17.1 Å². The van der Waals surface area contributed by atoms with Gasteiger partial charge in [0.15, 0.2) is 11.5 Å². The summed E-state index contributed by atoms with van der Waals surface area (Å²) in [6, 6.07) is 9.64. The zero-order valence-corrected chi connectivity index (χ0v) is 16.0. The Morgan fingerprint density at radius 2 is 2.10 bits per heavy atom. The van der Waals surface area contributed by atoms with Gasteiger partial charge >= 0.3 is 0 Å². The lowest BCUT2D eigenvalue weighted by Crippen LogP contribution is -2.52. The molecule has 0 saturated carbocycles. The van der Waals surface area contributed by atoms with Crippen LogP contribution >= 0.6 is 0 Å². The smallest absolute Gasteiger partial charge is 0.276 e. The summed E-state index contributed by atoms with van der Waals surface area (Å²) in [7, 11) is 0. The van der Waals surface area contributed by atoms with Crippen LogP contribution < -0.4 is 4.74 Å². The molecule has 2 saturated heterocycles. The number of rotatable bonds is 5. The molecule has 0 N–H and O–H groups in total. The molecule has 3 aromatic rings. The first-order chi connectivity index (χ1) is 14.3. The van der Waals surface area contributed by atoms with Crippen molar-refractivity contribution in [3.8, 4) is 11.4 Å². The molecule has 0 radical (unpaired) electrons. The highest BCUT2D eigenvalue weighted by Gasteiger charge is 2.33. The summed E-state index contributed by atoms with van der Waals surface area (Å²) in [6.07, 6.45) is 5.51. The number of piperazine rings is 1. The normalized spacial score (nSPS) is 19.3. The van der Waals surface area contributed by atoms with Gasteiger partial charge in [-0.3, -0.25) is 9.69 Å². The van der Waals surface area contributed by atoms with Gasteiger partial charge in [-0.25, -0.2) is 9.67 Å². The summed E-state index contributed by atoms with van der Waals surface area (Å²) < 4.78 is 12.7. The number of hydrogen-bond donors (Lipinski definition) is 0. The van der Waals surface area contributed by atoms with Crippen molar-refractivity contribution in [2.45, 2.75) is 25.5 Å². The summed E-state index contributed by atoms with van der Waals surface area (Å²) in [5, 5.41) is 8.05. The second-order valence-corrected chi connectivity index (χ2v) is 7.38. The van der Waals surface area contributed by atoms with Crippen LogP contribution in [0.2, 0.25) is 0 Å². The van der Waals surface area contributed by atoms with Crippen LogP contribution in [0.1, 0.15) is 29.1 Å². The number of carbonyl (C=O) groups excluding carboxylic acids is 1. The Kier molecular flexibility index (Phi) is 4.73. The molecule has 2 aliphatic heterocycles. The summed E-state index contributed by atoms with van der Waals surface area (Å²) in [5.41, 5.74) is 1.24. The third-order valence-corrected chi connectivity index (χ3v) is 5.55. The van der Waals surface area contributed by atoms with Gasteiger partial charge in [0.25, 0.3) is 5.91 Å². The number of ether oxygens (including phenoxy) is 1. The van der Waals surface area contributed by atoms with Gasteiger partial charge in [-0.2, -0.15) is 5.10 Å². The first kappa shape index (κ1) is 17.9. The molecule has 4 heterocycles. The maximum absolute atomic E-state index is 12.8. The number of nitrogens with zero attached hydrogens (tertiary/aromatic N) is 6. The van der Waals surface area contributed by atoms with Crippen LogP contribution in [0.25, 0.3) is 5.69 Å². The average Bonchev–Trinajstić information content (AvgIpc) is 3.53. The standard InChI is InChI=1S/C20H22N6O3/c27-20(25-9-8-24-7-1-2-16(24)11-25)19-10-18(29-23-19)12-28-17-5-3-15(4-6-17)26-14-21-13-22-26/h3-6,10,13-14,16H,1-2,7-9,11-12H2/t16-/m0/s1. The zero-order valence-electron chi connectivity index (χ0n) is 16.0. The number of hydrogen-bond acceptors (Lipinski definition) is 7. The van der Waals surface area contributed by atoms with Crippen LogP contribution in [-0.4, -0.2) is 67.8 Å². The van der Waals surface area contributed by atoms with Crippen molar-refractivity contribution in [1.82, 2.24) is 29.7 Å². The van der Waals surface area contributed by atoms with Crippen LogP contribution in [-0.2, 0) is 6.61 Å². The molecule has 5 rings (SSSR count). The molecule has 0 bridgehead atoms. The molecule has 2 aliphatic rings. The zero-order chi connectivity index (χ0) is 19.6. The molecule has 1 atom stereocenters. The minimum Gasteiger partial charge on any atom is -0.486 e. The van der Waals surface area contributed by atoms with Crippen molar-refractivity contribution in [3.63, 3.8) is 0 Å². The first-order valence-electron chi connectivity index (χ1n) is 9.83. The van der Waals surface area contributed by atoms with Gasteiger partial charge in [-0.1, -0.05) is 5.16 Å². The number of amides is 1. The van der Waals surface area contributed by atoms with Gasteiger partial charge in [0.1, 0.15) is 25.0 Å². The van der Waals surface area contributed by atoms with Crippen LogP contribution in [0.15, 0.2) is 47.5 Å². The van der Waals surface area contributed by atoms with Gasteiger partial charge in [0.05, 0.1) is 5.69 Å². The van der Waals surface area contributed by atoms with Crippen molar-refractivity contribution in [1.29, 1.82) is 0 Å². The minimum absolute atomic E-state index is 0.0660. The largest absolute Gasteiger partial charge is 0.486 e.